The minimum atomic E-state index is 0.459. The van der Waals surface area contributed by atoms with Crippen LogP contribution < -0.4 is 14.8 Å². The molecule has 6 nitrogen and oxygen atoms in total. The maximum Gasteiger partial charge on any atom is 0.223 e. The molecule has 2 aromatic rings. The lowest BCUT2D eigenvalue weighted by atomic mass is 10.2. The van der Waals surface area contributed by atoms with E-state index in [4.69, 9.17) is 14.0 Å². The third kappa shape index (κ3) is 2.71. The van der Waals surface area contributed by atoms with Gasteiger partial charge in [-0.1, -0.05) is 5.16 Å². The van der Waals surface area contributed by atoms with E-state index < -0.39 is 0 Å². The van der Waals surface area contributed by atoms with Crippen LogP contribution in [0.5, 0.6) is 11.5 Å². The number of nitrogens with zero attached hydrogens (tertiary/aromatic N) is 2. The number of benzene rings is 1. The highest BCUT2D eigenvalue weighted by Gasteiger charge is 2.07. The molecule has 0 atom stereocenters. The first-order valence-corrected chi connectivity index (χ1v) is 5.48. The summed E-state index contributed by atoms with van der Waals surface area (Å²) in [6.45, 7) is 2.21. The first kappa shape index (κ1) is 12.2. The minimum Gasteiger partial charge on any atom is -0.497 e. The summed E-state index contributed by atoms with van der Waals surface area (Å²) in [5.41, 5.74) is 0.819. The molecule has 0 saturated carbocycles. The Hall–Kier alpha value is -2.24. The van der Waals surface area contributed by atoms with Gasteiger partial charge in [0.15, 0.2) is 5.82 Å². The molecule has 0 fully saturated rings. The van der Waals surface area contributed by atoms with Crippen LogP contribution in [0.1, 0.15) is 11.7 Å². The third-order valence-corrected chi connectivity index (χ3v) is 2.41. The standard InChI is InChI=1S/C12H15N3O3/c1-8-14-12(15-18-8)7-13-10-6-9(16-2)4-5-11(10)17-3/h4-6,13H,7H2,1-3H3. The van der Waals surface area contributed by atoms with E-state index in [-0.39, 0.29) is 0 Å². The third-order valence-electron chi connectivity index (χ3n) is 2.41. The molecule has 18 heavy (non-hydrogen) atoms. The van der Waals surface area contributed by atoms with Crippen molar-refractivity contribution in [1.82, 2.24) is 10.1 Å². The van der Waals surface area contributed by atoms with Crippen molar-refractivity contribution in [3.8, 4) is 11.5 Å². The SMILES string of the molecule is COc1ccc(OC)c(NCc2noc(C)n2)c1. The van der Waals surface area contributed by atoms with E-state index in [1.165, 1.54) is 0 Å². The monoisotopic (exact) mass is 249 g/mol. The molecule has 1 heterocycles. The zero-order chi connectivity index (χ0) is 13.0. The molecule has 2 rings (SSSR count). The second-order valence-corrected chi connectivity index (χ2v) is 3.65. The largest absolute Gasteiger partial charge is 0.497 e. The molecule has 96 valence electrons. The number of rotatable bonds is 5. The molecule has 0 radical (unpaired) electrons. The van der Waals surface area contributed by atoms with Crippen LogP contribution in [0.15, 0.2) is 22.7 Å². The Bertz CT molecular complexity index is 525. The number of hydrogen-bond donors (Lipinski definition) is 1. The van der Waals surface area contributed by atoms with E-state index in [2.05, 4.69) is 15.5 Å². The molecule has 6 heteroatoms. The van der Waals surface area contributed by atoms with E-state index in [0.29, 0.717) is 18.3 Å². The molecular weight excluding hydrogens is 234 g/mol. The van der Waals surface area contributed by atoms with Gasteiger partial charge in [0, 0.05) is 13.0 Å². The molecular formula is C12H15N3O3. The molecule has 1 aromatic heterocycles. The van der Waals surface area contributed by atoms with Gasteiger partial charge in [-0.25, -0.2) is 0 Å². The van der Waals surface area contributed by atoms with Crippen LogP contribution in [-0.4, -0.2) is 24.4 Å². The zero-order valence-electron chi connectivity index (χ0n) is 10.6. The number of nitrogens with one attached hydrogen (secondary N) is 1. The molecule has 0 aliphatic heterocycles. The van der Waals surface area contributed by atoms with Crippen molar-refractivity contribution in [2.45, 2.75) is 13.5 Å². The van der Waals surface area contributed by atoms with Crippen LogP contribution in [0.25, 0.3) is 0 Å². The summed E-state index contributed by atoms with van der Waals surface area (Å²) < 4.78 is 15.3. The van der Waals surface area contributed by atoms with Gasteiger partial charge in [-0.2, -0.15) is 4.98 Å². The summed E-state index contributed by atoms with van der Waals surface area (Å²) in [5.74, 6) is 2.63. The lowest BCUT2D eigenvalue weighted by Crippen LogP contribution is -2.03. The van der Waals surface area contributed by atoms with Gasteiger partial charge in [-0.3, -0.25) is 0 Å². The molecule has 0 saturated heterocycles. The summed E-state index contributed by atoms with van der Waals surface area (Å²) in [6.07, 6.45) is 0. The van der Waals surface area contributed by atoms with Crippen molar-refractivity contribution in [2.75, 3.05) is 19.5 Å². The van der Waals surface area contributed by atoms with E-state index in [1.807, 2.05) is 18.2 Å². The molecule has 0 aliphatic carbocycles. The number of anilines is 1. The fourth-order valence-corrected chi connectivity index (χ4v) is 1.54. The smallest absolute Gasteiger partial charge is 0.223 e. The highest BCUT2D eigenvalue weighted by molar-refractivity contribution is 5.59. The number of methoxy groups -OCH3 is 2. The van der Waals surface area contributed by atoms with E-state index >= 15 is 0 Å². The fraction of sp³-hybridized carbons (Fsp3) is 0.333. The van der Waals surface area contributed by atoms with Crippen LogP contribution >= 0.6 is 0 Å². The van der Waals surface area contributed by atoms with Crippen LogP contribution in [0.2, 0.25) is 0 Å². The predicted molar refractivity (Wildman–Crippen MR) is 65.9 cm³/mol. The Morgan fingerprint density at radius 1 is 1.28 bits per heavy atom. The maximum absolute atomic E-state index is 5.26. The van der Waals surface area contributed by atoms with Gasteiger partial charge in [0.1, 0.15) is 11.5 Å². The van der Waals surface area contributed by atoms with Crippen molar-refractivity contribution in [3.63, 3.8) is 0 Å². The van der Waals surface area contributed by atoms with Gasteiger partial charge in [0.05, 0.1) is 26.5 Å². The zero-order valence-corrected chi connectivity index (χ0v) is 10.6. The summed E-state index contributed by atoms with van der Waals surface area (Å²) in [7, 11) is 3.24. The lowest BCUT2D eigenvalue weighted by Gasteiger charge is -2.11. The summed E-state index contributed by atoms with van der Waals surface area (Å²) in [4.78, 5) is 4.11. The van der Waals surface area contributed by atoms with E-state index in [0.717, 1.165) is 17.2 Å². The minimum absolute atomic E-state index is 0.459. The van der Waals surface area contributed by atoms with Crippen LogP contribution in [0.3, 0.4) is 0 Å². The first-order chi connectivity index (χ1) is 8.72. The number of aryl methyl sites for hydroxylation is 1. The summed E-state index contributed by atoms with van der Waals surface area (Å²) >= 11 is 0. The van der Waals surface area contributed by atoms with Crippen LogP contribution in [-0.2, 0) is 6.54 Å². The normalized spacial score (nSPS) is 10.2. The van der Waals surface area contributed by atoms with E-state index in [9.17, 15) is 0 Å². The van der Waals surface area contributed by atoms with Crippen molar-refractivity contribution < 1.29 is 14.0 Å². The Kier molecular flexibility index (Phi) is 3.66. The number of aromatic nitrogens is 2. The number of hydrogen-bond acceptors (Lipinski definition) is 6. The number of ether oxygens (including phenoxy) is 2. The van der Waals surface area contributed by atoms with Crippen molar-refractivity contribution >= 4 is 5.69 Å². The van der Waals surface area contributed by atoms with Crippen molar-refractivity contribution in [3.05, 3.63) is 29.9 Å². The lowest BCUT2D eigenvalue weighted by molar-refractivity contribution is 0.388. The van der Waals surface area contributed by atoms with Crippen molar-refractivity contribution in [2.24, 2.45) is 0 Å². The van der Waals surface area contributed by atoms with Gasteiger partial charge >= 0.3 is 0 Å². The van der Waals surface area contributed by atoms with Crippen LogP contribution in [0.4, 0.5) is 5.69 Å². The Morgan fingerprint density at radius 2 is 2.11 bits per heavy atom. The maximum atomic E-state index is 5.26. The molecule has 1 N–H and O–H groups in total. The molecule has 0 unspecified atom stereocenters. The van der Waals surface area contributed by atoms with Gasteiger partial charge < -0.3 is 19.3 Å². The first-order valence-electron chi connectivity index (χ1n) is 5.48. The average molecular weight is 249 g/mol. The quantitative estimate of drug-likeness (QED) is 0.874. The molecule has 0 spiro atoms. The topological polar surface area (TPSA) is 69.4 Å². The Balaban J connectivity index is 2.11. The fourth-order valence-electron chi connectivity index (χ4n) is 1.54. The van der Waals surface area contributed by atoms with Gasteiger partial charge in [0.25, 0.3) is 0 Å². The van der Waals surface area contributed by atoms with Crippen molar-refractivity contribution in [1.29, 1.82) is 0 Å². The van der Waals surface area contributed by atoms with Crippen LogP contribution in [0, 0.1) is 6.92 Å². The predicted octanol–water partition coefficient (Wildman–Crippen LogP) is 2.01. The summed E-state index contributed by atoms with van der Waals surface area (Å²) in [5, 5.41) is 6.99. The molecule has 0 amide bonds. The van der Waals surface area contributed by atoms with E-state index in [1.54, 1.807) is 21.1 Å². The highest BCUT2D eigenvalue weighted by Crippen LogP contribution is 2.29. The highest BCUT2D eigenvalue weighted by atomic mass is 16.5. The second kappa shape index (κ2) is 5.39. The molecule has 1 aromatic carbocycles. The van der Waals surface area contributed by atoms with Gasteiger partial charge in [-0.05, 0) is 12.1 Å². The molecule has 0 aliphatic rings. The van der Waals surface area contributed by atoms with Gasteiger partial charge in [0.2, 0.25) is 5.89 Å². The Labute approximate surface area is 105 Å². The second-order valence-electron chi connectivity index (χ2n) is 3.65. The Morgan fingerprint density at radius 3 is 2.72 bits per heavy atom. The summed E-state index contributed by atoms with van der Waals surface area (Å²) in [6, 6.07) is 5.52. The molecule has 0 bridgehead atoms. The average Bonchev–Trinajstić information content (AvgIpc) is 2.81. The van der Waals surface area contributed by atoms with Gasteiger partial charge in [-0.15, -0.1) is 0 Å².